The number of para-hydroxylation sites is 1. The summed E-state index contributed by atoms with van der Waals surface area (Å²) in [4.78, 5) is 9.30. The van der Waals surface area contributed by atoms with Gasteiger partial charge >= 0.3 is 0 Å². The summed E-state index contributed by atoms with van der Waals surface area (Å²) in [5, 5.41) is 9.26. The molecule has 0 radical (unpaired) electrons. The van der Waals surface area contributed by atoms with Crippen molar-refractivity contribution in [1.29, 1.82) is 0 Å². The average molecular weight is 433 g/mol. The highest BCUT2D eigenvalue weighted by molar-refractivity contribution is 7.89. The predicted molar refractivity (Wildman–Crippen MR) is 123 cm³/mol. The number of aromatic nitrogens is 2. The highest BCUT2D eigenvalue weighted by Crippen LogP contribution is 2.25. The van der Waals surface area contributed by atoms with Gasteiger partial charge in [0.25, 0.3) is 0 Å². The molecule has 0 saturated carbocycles. The first kappa shape index (κ1) is 20.5. The molecular weight excluding hydrogens is 412 g/mol. The molecule has 31 heavy (non-hydrogen) atoms. The number of primary sulfonamides is 1. The fraction of sp³-hybridized carbons (Fsp3) is 0.0435. The van der Waals surface area contributed by atoms with E-state index in [1.54, 1.807) is 19.2 Å². The van der Waals surface area contributed by atoms with Crippen molar-refractivity contribution in [2.75, 3.05) is 12.4 Å². The van der Waals surface area contributed by atoms with Crippen molar-refractivity contribution in [2.24, 2.45) is 5.14 Å². The first-order valence-electron chi connectivity index (χ1n) is 9.41. The SMILES string of the molecule is COc1ccc(/C=C\c2nc(Nc3ccc(S(N)(=O)=O)cc3)c3ccccc3n2)cc1. The maximum Gasteiger partial charge on any atom is 0.238 e. The standard InChI is InChI=1S/C23H20N4O3S/c1-30-18-11-6-16(7-12-18)8-15-22-26-21-5-3-2-4-20(21)23(27-22)25-17-9-13-19(14-10-17)31(24,28)29/h2-15H,1H3,(H2,24,28,29)(H,25,26,27)/b15-8-. The fourth-order valence-corrected chi connectivity index (χ4v) is 3.53. The predicted octanol–water partition coefficient (Wildman–Crippen LogP) is 4.20. The molecule has 4 aromatic rings. The molecule has 3 N–H and O–H groups in total. The lowest BCUT2D eigenvalue weighted by Crippen LogP contribution is -2.11. The van der Waals surface area contributed by atoms with Crippen molar-refractivity contribution in [3.63, 3.8) is 0 Å². The second kappa shape index (κ2) is 8.55. The van der Waals surface area contributed by atoms with Gasteiger partial charge in [0.2, 0.25) is 10.0 Å². The largest absolute Gasteiger partial charge is 0.497 e. The molecule has 0 aliphatic heterocycles. The van der Waals surface area contributed by atoms with E-state index in [9.17, 15) is 8.42 Å². The van der Waals surface area contributed by atoms with Crippen LogP contribution in [0.1, 0.15) is 11.4 Å². The minimum absolute atomic E-state index is 0.0497. The van der Waals surface area contributed by atoms with Crippen molar-refractivity contribution in [1.82, 2.24) is 9.97 Å². The number of nitrogens with one attached hydrogen (secondary N) is 1. The van der Waals surface area contributed by atoms with E-state index in [0.29, 0.717) is 17.3 Å². The van der Waals surface area contributed by atoms with E-state index in [0.717, 1.165) is 22.2 Å². The highest BCUT2D eigenvalue weighted by Gasteiger charge is 2.09. The zero-order valence-corrected chi connectivity index (χ0v) is 17.5. The zero-order valence-electron chi connectivity index (χ0n) is 16.7. The number of ether oxygens (including phenoxy) is 1. The molecule has 7 nitrogen and oxygen atoms in total. The Labute approximate surface area is 180 Å². The van der Waals surface area contributed by atoms with Gasteiger partial charge in [-0.05, 0) is 60.2 Å². The molecule has 1 heterocycles. The molecule has 156 valence electrons. The molecule has 8 heteroatoms. The Balaban J connectivity index is 1.67. The van der Waals surface area contributed by atoms with Crippen molar-refractivity contribution in [3.8, 4) is 5.75 Å². The smallest absolute Gasteiger partial charge is 0.238 e. The molecule has 0 unspecified atom stereocenters. The second-order valence-electron chi connectivity index (χ2n) is 6.75. The Kier molecular flexibility index (Phi) is 5.66. The summed E-state index contributed by atoms with van der Waals surface area (Å²) in [6.07, 6.45) is 3.76. The van der Waals surface area contributed by atoms with Gasteiger partial charge in [-0.25, -0.2) is 23.5 Å². The van der Waals surface area contributed by atoms with Crippen LogP contribution in [0.5, 0.6) is 5.75 Å². The maximum atomic E-state index is 11.5. The number of methoxy groups -OCH3 is 1. The van der Waals surface area contributed by atoms with Crippen molar-refractivity contribution < 1.29 is 13.2 Å². The summed E-state index contributed by atoms with van der Waals surface area (Å²) in [5.74, 6) is 1.94. The molecule has 0 atom stereocenters. The lowest BCUT2D eigenvalue weighted by molar-refractivity contribution is 0.415. The van der Waals surface area contributed by atoms with Gasteiger partial charge in [-0.2, -0.15) is 0 Å². The van der Waals surface area contributed by atoms with E-state index >= 15 is 0 Å². The lowest BCUT2D eigenvalue weighted by Gasteiger charge is -2.10. The monoisotopic (exact) mass is 432 g/mol. The number of benzene rings is 3. The fourth-order valence-electron chi connectivity index (χ4n) is 3.01. The Bertz CT molecular complexity index is 1350. The molecule has 3 aromatic carbocycles. The van der Waals surface area contributed by atoms with Crippen LogP contribution in [0.4, 0.5) is 11.5 Å². The average Bonchev–Trinajstić information content (AvgIpc) is 2.78. The highest BCUT2D eigenvalue weighted by atomic mass is 32.2. The molecule has 0 bridgehead atoms. The van der Waals surface area contributed by atoms with Gasteiger partial charge in [-0.1, -0.05) is 30.3 Å². The van der Waals surface area contributed by atoms with Gasteiger partial charge < -0.3 is 10.1 Å². The van der Waals surface area contributed by atoms with Crippen LogP contribution in [0.2, 0.25) is 0 Å². The van der Waals surface area contributed by atoms with Gasteiger partial charge in [0.1, 0.15) is 11.6 Å². The number of anilines is 2. The lowest BCUT2D eigenvalue weighted by atomic mass is 10.2. The van der Waals surface area contributed by atoms with Crippen LogP contribution in [-0.4, -0.2) is 25.5 Å². The van der Waals surface area contributed by atoms with Crippen LogP contribution in [0.15, 0.2) is 77.7 Å². The molecule has 1 aromatic heterocycles. The number of sulfonamides is 1. The number of hydrogen-bond donors (Lipinski definition) is 2. The third-order valence-corrected chi connectivity index (χ3v) is 5.54. The van der Waals surface area contributed by atoms with Gasteiger partial charge in [0.05, 0.1) is 17.5 Å². The normalized spacial score (nSPS) is 11.7. The summed E-state index contributed by atoms with van der Waals surface area (Å²) >= 11 is 0. The Hall–Kier alpha value is -3.75. The van der Waals surface area contributed by atoms with Crippen LogP contribution in [0, 0.1) is 0 Å². The van der Waals surface area contributed by atoms with E-state index < -0.39 is 10.0 Å². The number of nitrogens with two attached hydrogens (primary N) is 1. The van der Waals surface area contributed by atoms with Crippen molar-refractivity contribution >= 4 is 44.6 Å². The Morgan fingerprint density at radius 2 is 1.61 bits per heavy atom. The van der Waals surface area contributed by atoms with Crippen LogP contribution in [0.3, 0.4) is 0 Å². The van der Waals surface area contributed by atoms with Crippen LogP contribution in [-0.2, 0) is 10.0 Å². The van der Waals surface area contributed by atoms with E-state index in [1.165, 1.54) is 12.1 Å². The summed E-state index contributed by atoms with van der Waals surface area (Å²) in [6.45, 7) is 0. The minimum Gasteiger partial charge on any atom is -0.497 e. The Morgan fingerprint density at radius 1 is 0.903 bits per heavy atom. The molecule has 0 spiro atoms. The number of hydrogen-bond acceptors (Lipinski definition) is 6. The third-order valence-electron chi connectivity index (χ3n) is 4.61. The van der Waals surface area contributed by atoms with Gasteiger partial charge in [0, 0.05) is 11.1 Å². The van der Waals surface area contributed by atoms with E-state index in [1.807, 2.05) is 60.7 Å². The van der Waals surface area contributed by atoms with Crippen LogP contribution >= 0.6 is 0 Å². The van der Waals surface area contributed by atoms with E-state index in [-0.39, 0.29) is 4.90 Å². The molecule has 0 aliphatic carbocycles. The Morgan fingerprint density at radius 3 is 2.29 bits per heavy atom. The first-order valence-corrected chi connectivity index (χ1v) is 11.0. The maximum absolute atomic E-state index is 11.5. The van der Waals surface area contributed by atoms with Crippen molar-refractivity contribution in [3.05, 3.63) is 84.2 Å². The number of nitrogens with zero attached hydrogens (tertiary/aromatic N) is 2. The topological polar surface area (TPSA) is 107 Å². The molecule has 0 aliphatic rings. The van der Waals surface area contributed by atoms with E-state index in [4.69, 9.17) is 9.88 Å². The van der Waals surface area contributed by atoms with Gasteiger partial charge in [-0.15, -0.1) is 0 Å². The number of fused-ring (bicyclic) bond motifs is 1. The minimum atomic E-state index is -3.74. The molecule has 0 fully saturated rings. The zero-order chi connectivity index (χ0) is 21.8. The van der Waals surface area contributed by atoms with E-state index in [2.05, 4.69) is 15.3 Å². The first-order chi connectivity index (χ1) is 14.9. The van der Waals surface area contributed by atoms with Crippen molar-refractivity contribution in [2.45, 2.75) is 4.90 Å². The summed E-state index contributed by atoms with van der Waals surface area (Å²) in [5.41, 5.74) is 2.46. The van der Waals surface area contributed by atoms with Crippen LogP contribution in [0.25, 0.3) is 23.1 Å². The van der Waals surface area contributed by atoms with Gasteiger partial charge in [0.15, 0.2) is 5.82 Å². The second-order valence-corrected chi connectivity index (χ2v) is 8.31. The molecular formula is C23H20N4O3S. The van der Waals surface area contributed by atoms with Gasteiger partial charge in [-0.3, -0.25) is 0 Å². The summed E-state index contributed by atoms with van der Waals surface area (Å²) in [7, 11) is -2.11. The molecule has 0 amide bonds. The summed E-state index contributed by atoms with van der Waals surface area (Å²) in [6, 6.07) is 21.5. The number of rotatable bonds is 6. The summed E-state index contributed by atoms with van der Waals surface area (Å²) < 4.78 is 28.1. The molecule has 0 saturated heterocycles. The quantitative estimate of drug-likeness (QED) is 0.473. The molecule has 4 rings (SSSR count). The third kappa shape index (κ3) is 4.88. The van der Waals surface area contributed by atoms with Crippen LogP contribution < -0.4 is 15.2 Å².